The van der Waals surface area contributed by atoms with Crippen LogP contribution in [0.4, 0.5) is 13.2 Å². The van der Waals surface area contributed by atoms with Crippen LogP contribution in [0.5, 0.6) is 0 Å². The lowest BCUT2D eigenvalue weighted by atomic mass is 9.82. The largest absolute Gasteiger partial charge is 0.481 e. The summed E-state index contributed by atoms with van der Waals surface area (Å²) >= 11 is 0. The van der Waals surface area contributed by atoms with Gasteiger partial charge in [-0.1, -0.05) is 12.2 Å². The normalized spacial score (nSPS) is 28.8. The first-order valence-electron chi connectivity index (χ1n) is 3.87. The van der Waals surface area contributed by atoms with Gasteiger partial charge in [-0.15, -0.1) is 0 Å². The second-order valence-corrected chi connectivity index (χ2v) is 3.04. The minimum absolute atomic E-state index is 0.0283. The van der Waals surface area contributed by atoms with Crippen molar-refractivity contribution in [2.24, 2.45) is 11.8 Å². The van der Waals surface area contributed by atoms with Gasteiger partial charge in [-0.3, -0.25) is 4.79 Å². The van der Waals surface area contributed by atoms with Crippen LogP contribution >= 0.6 is 0 Å². The molecule has 74 valence electrons. The third-order valence-corrected chi connectivity index (χ3v) is 2.17. The molecule has 0 aromatic heterocycles. The van der Waals surface area contributed by atoms with Crippen molar-refractivity contribution in [1.82, 2.24) is 0 Å². The van der Waals surface area contributed by atoms with Gasteiger partial charge in [0.15, 0.2) is 0 Å². The van der Waals surface area contributed by atoms with Crippen molar-refractivity contribution in [3.05, 3.63) is 12.2 Å². The summed E-state index contributed by atoms with van der Waals surface area (Å²) in [7, 11) is 0. The number of hydrogen-bond acceptors (Lipinski definition) is 1. The first kappa shape index (κ1) is 10.1. The van der Waals surface area contributed by atoms with Gasteiger partial charge in [-0.25, -0.2) is 0 Å². The minimum atomic E-state index is -4.41. The molecule has 1 aliphatic carbocycles. The van der Waals surface area contributed by atoms with Crippen LogP contribution in [0.25, 0.3) is 0 Å². The molecular formula is C8H9F3O2. The molecule has 0 fully saturated rings. The summed E-state index contributed by atoms with van der Waals surface area (Å²) in [6.07, 6.45) is -1.79. The van der Waals surface area contributed by atoms with E-state index in [-0.39, 0.29) is 12.8 Å². The van der Waals surface area contributed by atoms with Crippen molar-refractivity contribution < 1.29 is 23.1 Å². The van der Waals surface area contributed by atoms with E-state index in [4.69, 9.17) is 5.11 Å². The maximum Gasteiger partial charge on any atom is 0.392 e. The van der Waals surface area contributed by atoms with E-state index in [1.165, 1.54) is 12.2 Å². The van der Waals surface area contributed by atoms with Crippen molar-refractivity contribution in [2.75, 3.05) is 0 Å². The highest BCUT2D eigenvalue weighted by molar-refractivity contribution is 5.71. The van der Waals surface area contributed by atoms with Crippen molar-refractivity contribution >= 4 is 5.97 Å². The summed E-state index contributed by atoms with van der Waals surface area (Å²) in [6, 6.07) is 0. The topological polar surface area (TPSA) is 37.3 Å². The Morgan fingerprint density at radius 1 is 1.31 bits per heavy atom. The van der Waals surface area contributed by atoms with E-state index in [0.29, 0.717) is 0 Å². The van der Waals surface area contributed by atoms with E-state index in [9.17, 15) is 18.0 Å². The Morgan fingerprint density at radius 3 is 2.23 bits per heavy atom. The van der Waals surface area contributed by atoms with Gasteiger partial charge in [-0.2, -0.15) is 13.2 Å². The number of carboxylic acid groups (broad SMARTS) is 1. The zero-order valence-electron chi connectivity index (χ0n) is 6.71. The van der Waals surface area contributed by atoms with E-state index < -0.39 is 24.0 Å². The fourth-order valence-electron chi connectivity index (χ4n) is 1.45. The summed E-state index contributed by atoms with van der Waals surface area (Å²) in [6.45, 7) is 0. The molecular weight excluding hydrogens is 185 g/mol. The molecule has 1 rings (SSSR count). The predicted octanol–water partition coefficient (Wildman–Crippen LogP) is 2.22. The summed E-state index contributed by atoms with van der Waals surface area (Å²) < 4.78 is 36.8. The van der Waals surface area contributed by atoms with E-state index >= 15 is 0 Å². The van der Waals surface area contributed by atoms with Gasteiger partial charge in [0, 0.05) is 0 Å². The number of alkyl halides is 3. The average Bonchev–Trinajstić information content (AvgIpc) is 2.03. The fraction of sp³-hybridized carbons (Fsp3) is 0.625. The van der Waals surface area contributed by atoms with Crippen molar-refractivity contribution in [2.45, 2.75) is 19.0 Å². The van der Waals surface area contributed by atoms with Crippen LogP contribution in [0.1, 0.15) is 12.8 Å². The number of carboxylic acids is 1. The SMILES string of the molecule is O=C(O)[C@H]1CC=CC[C@@H]1C(F)(F)F. The number of rotatable bonds is 1. The summed E-state index contributed by atoms with van der Waals surface area (Å²) in [4.78, 5) is 10.5. The van der Waals surface area contributed by atoms with Crippen LogP contribution in [-0.4, -0.2) is 17.3 Å². The Labute approximate surface area is 73.1 Å². The first-order chi connectivity index (χ1) is 5.93. The van der Waals surface area contributed by atoms with Crippen molar-refractivity contribution in [3.8, 4) is 0 Å². The molecule has 2 nitrogen and oxygen atoms in total. The molecule has 0 saturated heterocycles. The number of aliphatic carboxylic acids is 1. The van der Waals surface area contributed by atoms with Crippen molar-refractivity contribution in [1.29, 1.82) is 0 Å². The molecule has 1 aliphatic rings. The van der Waals surface area contributed by atoms with Crippen LogP contribution in [0.15, 0.2) is 12.2 Å². The van der Waals surface area contributed by atoms with Crippen LogP contribution < -0.4 is 0 Å². The highest BCUT2D eigenvalue weighted by Gasteiger charge is 2.47. The third-order valence-electron chi connectivity index (χ3n) is 2.17. The van der Waals surface area contributed by atoms with E-state index in [1.54, 1.807) is 0 Å². The summed E-state index contributed by atoms with van der Waals surface area (Å²) in [5.74, 6) is -4.41. The lowest BCUT2D eigenvalue weighted by Gasteiger charge is -2.26. The Kier molecular flexibility index (Phi) is 2.63. The molecule has 0 aromatic carbocycles. The zero-order chi connectivity index (χ0) is 10.1. The van der Waals surface area contributed by atoms with Gasteiger partial charge >= 0.3 is 12.1 Å². The molecule has 0 radical (unpaired) electrons. The van der Waals surface area contributed by atoms with Gasteiger partial charge in [0.1, 0.15) is 0 Å². The Hall–Kier alpha value is -1.00. The van der Waals surface area contributed by atoms with Crippen LogP contribution in [-0.2, 0) is 4.79 Å². The standard InChI is InChI=1S/C8H9F3O2/c9-8(10,11)6-4-2-1-3-5(6)7(12)13/h1-2,5-6H,3-4H2,(H,12,13)/t5-,6-/m0/s1. The fourth-order valence-corrected chi connectivity index (χ4v) is 1.45. The van der Waals surface area contributed by atoms with Crippen molar-refractivity contribution in [3.63, 3.8) is 0 Å². The second-order valence-electron chi connectivity index (χ2n) is 3.04. The van der Waals surface area contributed by atoms with Crippen LogP contribution in [0.3, 0.4) is 0 Å². The Morgan fingerprint density at radius 2 is 1.85 bits per heavy atom. The number of allylic oxidation sites excluding steroid dienone is 2. The van der Waals surface area contributed by atoms with Gasteiger partial charge in [0.25, 0.3) is 0 Å². The molecule has 2 atom stereocenters. The molecule has 0 aromatic rings. The molecule has 0 saturated carbocycles. The van der Waals surface area contributed by atoms with E-state index in [1.807, 2.05) is 0 Å². The van der Waals surface area contributed by atoms with Gasteiger partial charge in [-0.05, 0) is 12.8 Å². The average molecular weight is 194 g/mol. The number of hydrogen-bond donors (Lipinski definition) is 1. The summed E-state index contributed by atoms with van der Waals surface area (Å²) in [5, 5.41) is 8.54. The molecule has 0 unspecified atom stereocenters. The Bertz CT molecular complexity index is 232. The number of halogens is 3. The zero-order valence-corrected chi connectivity index (χ0v) is 6.71. The molecule has 5 heteroatoms. The molecule has 0 aliphatic heterocycles. The van der Waals surface area contributed by atoms with Gasteiger partial charge in [0.2, 0.25) is 0 Å². The molecule has 13 heavy (non-hydrogen) atoms. The smallest absolute Gasteiger partial charge is 0.392 e. The quantitative estimate of drug-likeness (QED) is 0.650. The highest BCUT2D eigenvalue weighted by Crippen LogP contribution is 2.38. The molecule has 0 heterocycles. The lowest BCUT2D eigenvalue weighted by molar-refractivity contribution is -0.196. The van der Waals surface area contributed by atoms with Crippen LogP contribution in [0, 0.1) is 11.8 Å². The van der Waals surface area contributed by atoms with E-state index in [0.717, 1.165) is 0 Å². The Balaban J connectivity index is 2.81. The predicted molar refractivity (Wildman–Crippen MR) is 39.0 cm³/mol. The monoisotopic (exact) mass is 194 g/mol. The number of carbonyl (C=O) groups is 1. The summed E-state index contributed by atoms with van der Waals surface area (Å²) in [5.41, 5.74) is 0. The molecule has 1 N–H and O–H groups in total. The second kappa shape index (κ2) is 3.40. The van der Waals surface area contributed by atoms with Gasteiger partial charge in [0.05, 0.1) is 11.8 Å². The molecule has 0 spiro atoms. The lowest BCUT2D eigenvalue weighted by Crippen LogP contribution is -2.35. The van der Waals surface area contributed by atoms with E-state index in [2.05, 4.69) is 0 Å². The van der Waals surface area contributed by atoms with Crippen LogP contribution in [0.2, 0.25) is 0 Å². The highest BCUT2D eigenvalue weighted by atomic mass is 19.4. The van der Waals surface area contributed by atoms with Gasteiger partial charge < -0.3 is 5.11 Å². The maximum atomic E-state index is 12.3. The minimum Gasteiger partial charge on any atom is -0.481 e. The molecule has 0 bridgehead atoms. The third kappa shape index (κ3) is 2.23. The molecule has 0 amide bonds. The first-order valence-corrected chi connectivity index (χ1v) is 3.87. The maximum absolute atomic E-state index is 12.3.